The van der Waals surface area contributed by atoms with E-state index in [1.807, 2.05) is 0 Å². The van der Waals surface area contributed by atoms with Gasteiger partial charge in [0.2, 0.25) is 0 Å². The largest absolute Gasteiger partial charge is 0.478 e. The van der Waals surface area contributed by atoms with Gasteiger partial charge >= 0.3 is 5.97 Å². The van der Waals surface area contributed by atoms with Crippen molar-refractivity contribution in [1.29, 1.82) is 0 Å². The second-order valence-corrected chi connectivity index (χ2v) is 7.50. The van der Waals surface area contributed by atoms with Gasteiger partial charge in [-0.05, 0) is 41.8 Å². The number of benzene rings is 2. The van der Waals surface area contributed by atoms with Gasteiger partial charge in [0.1, 0.15) is 5.82 Å². The molecule has 0 aromatic heterocycles. The topological polar surface area (TPSA) is 83.5 Å². The molecule has 0 amide bonds. The summed E-state index contributed by atoms with van der Waals surface area (Å²) < 4.78 is 40.7. The highest BCUT2D eigenvalue weighted by Gasteiger charge is 2.23. The smallest absolute Gasteiger partial charge is 0.335 e. The second-order valence-electron chi connectivity index (χ2n) is 5.44. The monoisotopic (exact) mass is 371 g/mol. The number of nitrogens with one attached hydrogen (secondary N) is 1. The SMILES string of the molecule is CC(C)c1ccc(C(=O)O)cc1S(=O)(=O)Nc1ccc(F)cc1Cl. The van der Waals surface area contributed by atoms with E-state index in [2.05, 4.69) is 4.72 Å². The number of sulfonamides is 1. The number of anilines is 1. The zero-order valence-corrected chi connectivity index (χ0v) is 14.5. The predicted molar refractivity (Wildman–Crippen MR) is 89.7 cm³/mol. The Morgan fingerprint density at radius 2 is 1.88 bits per heavy atom. The molecule has 0 aliphatic rings. The van der Waals surface area contributed by atoms with Gasteiger partial charge in [0.25, 0.3) is 10.0 Å². The van der Waals surface area contributed by atoms with Crippen molar-refractivity contribution >= 4 is 33.3 Å². The highest BCUT2D eigenvalue weighted by molar-refractivity contribution is 7.92. The molecule has 5 nitrogen and oxygen atoms in total. The summed E-state index contributed by atoms with van der Waals surface area (Å²) in [6.45, 7) is 3.58. The summed E-state index contributed by atoms with van der Waals surface area (Å²) in [5, 5.41) is 8.99. The first kappa shape index (κ1) is 18.2. The number of carbonyl (C=O) groups is 1. The summed E-state index contributed by atoms with van der Waals surface area (Å²) >= 11 is 5.85. The molecule has 0 bridgehead atoms. The minimum Gasteiger partial charge on any atom is -0.478 e. The van der Waals surface area contributed by atoms with Crippen LogP contribution in [-0.4, -0.2) is 19.5 Å². The Morgan fingerprint density at radius 1 is 1.21 bits per heavy atom. The molecule has 128 valence electrons. The lowest BCUT2D eigenvalue weighted by atomic mass is 10.0. The molecular formula is C16H15ClFNO4S. The minimum atomic E-state index is -4.10. The van der Waals surface area contributed by atoms with E-state index in [4.69, 9.17) is 16.7 Å². The molecule has 2 N–H and O–H groups in total. The third-order valence-corrected chi connectivity index (χ3v) is 5.08. The molecule has 0 heterocycles. The Labute approximate surface area is 144 Å². The molecule has 0 radical (unpaired) electrons. The maximum Gasteiger partial charge on any atom is 0.335 e. The van der Waals surface area contributed by atoms with Crippen molar-refractivity contribution in [3.8, 4) is 0 Å². The van der Waals surface area contributed by atoms with Crippen LogP contribution < -0.4 is 4.72 Å². The second kappa shape index (κ2) is 6.78. The standard InChI is InChI=1S/C16H15ClFNO4S/c1-9(2)12-5-3-10(16(20)21)7-15(12)24(22,23)19-14-6-4-11(18)8-13(14)17/h3-9,19H,1-2H3,(H,20,21). The van der Waals surface area contributed by atoms with E-state index in [0.29, 0.717) is 5.56 Å². The first-order chi connectivity index (χ1) is 11.1. The average Bonchev–Trinajstić information content (AvgIpc) is 2.49. The van der Waals surface area contributed by atoms with Crippen LogP contribution in [-0.2, 0) is 10.0 Å². The van der Waals surface area contributed by atoms with Crippen LogP contribution in [0, 0.1) is 5.82 Å². The number of carboxylic acids is 1. The van der Waals surface area contributed by atoms with E-state index in [1.54, 1.807) is 13.8 Å². The Morgan fingerprint density at radius 3 is 2.42 bits per heavy atom. The van der Waals surface area contributed by atoms with Crippen LogP contribution in [0.4, 0.5) is 10.1 Å². The molecule has 0 spiro atoms. The van der Waals surface area contributed by atoms with Gasteiger partial charge in [-0.2, -0.15) is 0 Å². The number of hydrogen-bond donors (Lipinski definition) is 2. The van der Waals surface area contributed by atoms with Gasteiger partial charge < -0.3 is 5.11 Å². The Hall–Kier alpha value is -2.12. The number of rotatable bonds is 5. The van der Waals surface area contributed by atoms with Crippen LogP contribution in [0.1, 0.15) is 35.7 Å². The molecule has 0 saturated heterocycles. The summed E-state index contributed by atoms with van der Waals surface area (Å²) in [5.74, 6) is -1.98. The normalized spacial score (nSPS) is 11.5. The van der Waals surface area contributed by atoms with Crippen molar-refractivity contribution in [3.05, 3.63) is 58.4 Å². The van der Waals surface area contributed by atoms with Gasteiger partial charge in [0.15, 0.2) is 0 Å². The zero-order chi connectivity index (χ0) is 18.1. The van der Waals surface area contributed by atoms with Gasteiger partial charge in [0.05, 0.1) is 21.2 Å². The van der Waals surface area contributed by atoms with E-state index in [-0.39, 0.29) is 27.1 Å². The maximum atomic E-state index is 13.1. The van der Waals surface area contributed by atoms with E-state index >= 15 is 0 Å². The molecule has 0 fully saturated rings. The average molecular weight is 372 g/mol. The Kier molecular flexibility index (Phi) is 5.15. The first-order valence-corrected chi connectivity index (χ1v) is 8.83. The van der Waals surface area contributed by atoms with Crippen molar-refractivity contribution in [3.63, 3.8) is 0 Å². The molecular weight excluding hydrogens is 357 g/mol. The third-order valence-electron chi connectivity index (χ3n) is 3.35. The molecule has 2 rings (SSSR count). The third kappa shape index (κ3) is 3.85. The summed E-state index contributed by atoms with van der Waals surface area (Å²) in [5.41, 5.74) is 0.323. The fourth-order valence-corrected chi connectivity index (χ4v) is 3.89. The van der Waals surface area contributed by atoms with E-state index in [0.717, 1.165) is 18.2 Å². The van der Waals surface area contributed by atoms with Crippen LogP contribution in [0.15, 0.2) is 41.3 Å². The molecule has 2 aromatic rings. The lowest BCUT2D eigenvalue weighted by molar-refractivity contribution is 0.0696. The van der Waals surface area contributed by atoms with Gasteiger partial charge in [-0.25, -0.2) is 17.6 Å². The molecule has 0 unspecified atom stereocenters. The molecule has 0 saturated carbocycles. The zero-order valence-electron chi connectivity index (χ0n) is 12.9. The molecule has 8 heteroatoms. The molecule has 2 aromatic carbocycles. The lowest BCUT2D eigenvalue weighted by Crippen LogP contribution is -2.17. The first-order valence-electron chi connectivity index (χ1n) is 6.97. The predicted octanol–water partition coefficient (Wildman–Crippen LogP) is 4.10. The van der Waals surface area contributed by atoms with Crippen LogP contribution in [0.25, 0.3) is 0 Å². The molecule has 0 aliphatic heterocycles. The van der Waals surface area contributed by atoms with Crippen LogP contribution in [0.3, 0.4) is 0 Å². The van der Waals surface area contributed by atoms with Crippen molar-refractivity contribution < 1.29 is 22.7 Å². The summed E-state index contributed by atoms with van der Waals surface area (Å²) in [4.78, 5) is 11.0. The van der Waals surface area contributed by atoms with E-state index in [1.165, 1.54) is 18.2 Å². The maximum absolute atomic E-state index is 13.1. The summed E-state index contributed by atoms with van der Waals surface area (Å²) in [6, 6.07) is 7.16. The highest BCUT2D eigenvalue weighted by atomic mass is 35.5. The quantitative estimate of drug-likeness (QED) is 0.828. The van der Waals surface area contributed by atoms with Gasteiger partial charge in [-0.3, -0.25) is 4.72 Å². The molecule has 0 atom stereocenters. The lowest BCUT2D eigenvalue weighted by Gasteiger charge is -2.16. The fraction of sp³-hybridized carbons (Fsp3) is 0.188. The number of halogens is 2. The van der Waals surface area contributed by atoms with Crippen LogP contribution in [0.2, 0.25) is 5.02 Å². The van der Waals surface area contributed by atoms with Crippen LogP contribution >= 0.6 is 11.6 Å². The Balaban J connectivity index is 2.55. The fourth-order valence-electron chi connectivity index (χ4n) is 2.15. The van der Waals surface area contributed by atoms with Gasteiger partial charge in [-0.1, -0.05) is 31.5 Å². The van der Waals surface area contributed by atoms with Crippen molar-refractivity contribution in [2.45, 2.75) is 24.7 Å². The number of carboxylic acid groups (broad SMARTS) is 1. The number of aromatic carboxylic acids is 1. The Bertz CT molecular complexity index is 897. The van der Waals surface area contributed by atoms with E-state index in [9.17, 15) is 17.6 Å². The summed E-state index contributed by atoms with van der Waals surface area (Å²) in [7, 11) is -4.10. The molecule has 0 aliphatic carbocycles. The summed E-state index contributed by atoms with van der Waals surface area (Å²) in [6.07, 6.45) is 0. The molecule has 24 heavy (non-hydrogen) atoms. The highest BCUT2D eigenvalue weighted by Crippen LogP contribution is 2.29. The van der Waals surface area contributed by atoms with Gasteiger partial charge in [0, 0.05) is 0 Å². The van der Waals surface area contributed by atoms with Crippen molar-refractivity contribution in [2.24, 2.45) is 0 Å². The minimum absolute atomic E-state index is 0.00787. The van der Waals surface area contributed by atoms with Crippen molar-refractivity contribution in [2.75, 3.05) is 4.72 Å². The van der Waals surface area contributed by atoms with E-state index < -0.39 is 21.8 Å². The van der Waals surface area contributed by atoms with Gasteiger partial charge in [-0.15, -0.1) is 0 Å². The van der Waals surface area contributed by atoms with Crippen molar-refractivity contribution in [1.82, 2.24) is 0 Å². The number of hydrogen-bond acceptors (Lipinski definition) is 3. The van der Waals surface area contributed by atoms with Crippen LogP contribution in [0.5, 0.6) is 0 Å².